The third-order valence-corrected chi connectivity index (χ3v) is 4.07. The second kappa shape index (κ2) is 5.21. The first-order valence-corrected chi connectivity index (χ1v) is 6.58. The zero-order valence-electron chi connectivity index (χ0n) is 11.8. The Morgan fingerprint density at radius 1 is 1.47 bits per heavy atom. The Morgan fingerprint density at radius 3 is 2.63 bits per heavy atom. The topological polar surface area (TPSA) is 49.8 Å². The number of carbonyl (C=O) groups excluding carboxylic acids is 1. The van der Waals surface area contributed by atoms with Gasteiger partial charge >= 0.3 is 0 Å². The number of carbonyl (C=O) groups is 1. The molecular weight excluding hydrogens is 242 g/mol. The number of aryl methyl sites for hydroxylation is 1. The van der Waals surface area contributed by atoms with E-state index in [4.69, 9.17) is 4.74 Å². The zero-order valence-corrected chi connectivity index (χ0v) is 11.8. The summed E-state index contributed by atoms with van der Waals surface area (Å²) in [6.45, 7) is 1.90. The number of methoxy groups -OCH3 is 1. The van der Waals surface area contributed by atoms with Crippen LogP contribution in [0.1, 0.15) is 24.8 Å². The summed E-state index contributed by atoms with van der Waals surface area (Å²) in [5.74, 6) is 0.652. The Kier molecular flexibility index (Phi) is 3.80. The highest BCUT2D eigenvalue weighted by molar-refractivity contribution is 5.99. The number of aliphatic hydroxyl groups is 1. The molecule has 1 saturated carbocycles. The fourth-order valence-electron chi connectivity index (χ4n) is 2.57. The van der Waals surface area contributed by atoms with E-state index in [1.165, 1.54) is 0 Å². The van der Waals surface area contributed by atoms with E-state index < -0.39 is 5.41 Å². The molecule has 0 saturated heterocycles. The van der Waals surface area contributed by atoms with Crippen LogP contribution in [0.2, 0.25) is 0 Å². The van der Waals surface area contributed by atoms with E-state index in [0.29, 0.717) is 5.75 Å². The Hall–Kier alpha value is -1.55. The van der Waals surface area contributed by atoms with Crippen molar-refractivity contribution < 1.29 is 14.6 Å². The molecular formula is C15H21NO3. The number of hydrogen-bond donors (Lipinski definition) is 1. The van der Waals surface area contributed by atoms with Gasteiger partial charge in [0.05, 0.1) is 24.8 Å². The molecule has 0 radical (unpaired) electrons. The van der Waals surface area contributed by atoms with Crippen molar-refractivity contribution in [2.24, 2.45) is 5.41 Å². The molecule has 1 aromatic carbocycles. The van der Waals surface area contributed by atoms with E-state index >= 15 is 0 Å². The first-order valence-electron chi connectivity index (χ1n) is 6.58. The predicted octanol–water partition coefficient (Wildman–Crippen LogP) is 2.13. The summed E-state index contributed by atoms with van der Waals surface area (Å²) in [6, 6.07) is 5.74. The molecule has 4 nitrogen and oxygen atoms in total. The van der Waals surface area contributed by atoms with Crippen LogP contribution < -0.4 is 9.64 Å². The number of ether oxygens (including phenoxy) is 1. The van der Waals surface area contributed by atoms with Gasteiger partial charge in [0.15, 0.2) is 0 Å². The van der Waals surface area contributed by atoms with Crippen LogP contribution in [-0.4, -0.2) is 31.8 Å². The molecule has 0 heterocycles. The highest BCUT2D eigenvalue weighted by atomic mass is 16.5. The van der Waals surface area contributed by atoms with Crippen LogP contribution in [0, 0.1) is 12.3 Å². The molecule has 0 aromatic heterocycles. The molecule has 1 amide bonds. The quantitative estimate of drug-likeness (QED) is 0.905. The van der Waals surface area contributed by atoms with Crippen molar-refractivity contribution in [3.8, 4) is 5.75 Å². The van der Waals surface area contributed by atoms with Crippen LogP contribution in [0.15, 0.2) is 18.2 Å². The van der Waals surface area contributed by atoms with Gasteiger partial charge in [-0.15, -0.1) is 0 Å². The van der Waals surface area contributed by atoms with E-state index in [9.17, 15) is 9.90 Å². The van der Waals surface area contributed by atoms with Crippen LogP contribution in [0.5, 0.6) is 5.75 Å². The number of aliphatic hydroxyl groups excluding tert-OH is 1. The van der Waals surface area contributed by atoms with Gasteiger partial charge in [0.1, 0.15) is 5.75 Å². The summed E-state index contributed by atoms with van der Waals surface area (Å²) in [4.78, 5) is 14.2. The minimum atomic E-state index is -0.580. The van der Waals surface area contributed by atoms with Gasteiger partial charge in [-0.05, 0) is 37.5 Å². The smallest absolute Gasteiger partial charge is 0.235 e. The van der Waals surface area contributed by atoms with E-state index in [2.05, 4.69) is 0 Å². The maximum absolute atomic E-state index is 12.6. The fourth-order valence-corrected chi connectivity index (χ4v) is 2.57. The van der Waals surface area contributed by atoms with Gasteiger partial charge in [0, 0.05) is 7.05 Å². The van der Waals surface area contributed by atoms with Crippen molar-refractivity contribution in [2.75, 3.05) is 25.7 Å². The lowest BCUT2D eigenvalue weighted by atomic mass is 9.68. The number of benzene rings is 1. The molecule has 1 aromatic rings. The summed E-state index contributed by atoms with van der Waals surface area (Å²) in [6.07, 6.45) is 2.53. The highest BCUT2D eigenvalue weighted by Gasteiger charge is 2.45. The number of hydrogen-bond acceptors (Lipinski definition) is 3. The molecule has 19 heavy (non-hydrogen) atoms. The van der Waals surface area contributed by atoms with Crippen molar-refractivity contribution in [3.63, 3.8) is 0 Å². The normalized spacial score (nSPS) is 16.6. The third-order valence-electron chi connectivity index (χ3n) is 4.07. The molecule has 0 atom stereocenters. The number of amides is 1. The lowest BCUT2D eigenvalue weighted by Crippen LogP contribution is -2.49. The SMILES string of the molecule is COc1ccc(C)cc1N(C)C(=O)C1(CO)CCC1. The van der Waals surface area contributed by atoms with Crippen molar-refractivity contribution >= 4 is 11.6 Å². The molecule has 1 N–H and O–H groups in total. The molecule has 0 unspecified atom stereocenters. The van der Waals surface area contributed by atoms with Crippen LogP contribution in [0.4, 0.5) is 5.69 Å². The first-order chi connectivity index (χ1) is 9.04. The highest BCUT2D eigenvalue weighted by Crippen LogP contribution is 2.43. The molecule has 1 fully saturated rings. The van der Waals surface area contributed by atoms with Gasteiger partial charge in [-0.1, -0.05) is 12.5 Å². The van der Waals surface area contributed by atoms with Crippen LogP contribution in [-0.2, 0) is 4.79 Å². The van der Waals surface area contributed by atoms with Crippen molar-refractivity contribution in [2.45, 2.75) is 26.2 Å². The van der Waals surface area contributed by atoms with Gasteiger partial charge in [-0.2, -0.15) is 0 Å². The summed E-state index contributed by atoms with van der Waals surface area (Å²) in [5, 5.41) is 9.51. The van der Waals surface area contributed by atoms with Crippen molar-refractivity contribution in [1.82, 2.24) is 0 Å². The largest absolute Gasteiger partial charge is 0.495 e. The van der Waals surface area contributed by atoms with Gasteiger partial charge in [0.2, 0.25) is 5.91 Å². The van der Waals surface area contributed by atoms with E-state index in [1.807, 2.05) is 25.1 Å². The first kappa shape index (κ1) is 13.9. The van der Waals surface area contributed by atoms with Gasteiger partial charge < -0.3 is 14.7 Å². The maximum atomic E-state index is 12.6. The van der Waals surface area contributed by atoms with Crippen LogP contribution >= 0.6 is 0 Å². The van der Waals surface area contributed by atoms with E-state index in [-0.39, 0.29) is 12.5 Å². The predicted molar refractivity (Wildman–Crippen MR) is 74.5 cm³/mol. The average molecular weight is 263 g/mol. The molecule has 4 heteroatoms. The van der Waals surface area contributed by atoms with E-state index in [1.54, 1.807) is 19.1 Å². The molecule has 0 spiro atoms. The van der Waals surface area contributed by atoms with Crippen LogP contribution in [0.3, 0.4) is 0 Å². The summed E-state index contributed by atoms with van der Waals surface area (Å²) in [5.41, 5.74) is 1.25. The Bertz CT molecular complexity index is 475. The third kappa shape index (κ3) is 2.32. The lowest BCUT2D eigenvalue weighted by Gasteiger charge is -2.41. The molecule has 1 aliphatic carbocycles. The van der Waals surface area contributed by atoms with Gasteiger partial charge in [0.25, 0.3) is 0 Å². The molecule has 2 rings (SSSR count). The second-order valence-electron chi connectivity index (χ2n) is 5.33. The average Bonchev–Trinajstić information content (AvgIpc) is 2.37. The Labute approximate surface area is 114 Å². The van der Waals surface area contributed by atoms with Crippen molar-refractivity contribution in [1.29, 1.82) is 0 Å². The Balaban J connectivity index is 2.31. The van der Waals surface area contributed by atoms with Crippen molar-refractivity contribution in [3.05, 3.63) is 23.8 Å². The fraction of sp³-hybridized carbons (Fsp3) is 0.533. The number of rotatable bonds is 4. The second-order valence-corrected chi connectivity index (χ2v) is 5.33. The molecule has 104 valence electrons. The molecule has 0 aliphatic heterocycles. The van der Waals surface area contributed by atoms with Gasteiger partial charge in [-0.25, -0.2) is 0 Å². The van der Waals surface area contributed by atoms with Gasteiger partial charge in [-0.3, -0.25) is 4.79 Å². The molecule has 0 bridgehead atoms. The van der Waals surface area contributed by atoms with Crippen LogP contribution in [0.25, 0.3) is 0 Å². The maximum Gasteiger partial charge on any atom is 0.235 e. The standard InChI is InChI=1S/C15H21NO3/c1-11-5-6-13(19-3)12(9-11)16(2)14(18)15(10-17)7-4-8-15/h5-6,9,17H,4,7-8,10H2,1-3H3. The number of anilines is 1. The Morgan fingerprint density at radius 2 is 2.16 bits per heavy atom. The summed E-state index contributed by atoms with van der Waals surface area (Å²) < 4.78 is 5.31. The lowest BCUT2D eigenvalue weighted by molar-refractivity contribution is -0.136. The van der Waals surface area contributed by atoms with E-state index in [0.717, 1.165) is 30.5 Å². The minimum absolute atomic E-state index is 0.0230. The summed E-state index contributed by atoms with van der Waals surface area (Å²) >= 11 is 0. The monoisotopic (exact) mass is 263 g/mol. The minimum Gasteiger partial charge on any atom is -0.495 e. The zero-order chi connectivity index (χ0) is 14.0. The number of nitrogens with zero attached hydrogens (tertiary/aromatic N) is 1. The summed E-state index contributed by atoms with van der Waals surface area (Å²) in [7, 11) is 3.34. The molecule has 1 aliphatic rings.